The highest BCUT2D eigenvalue weighted by atomic mass is 15.2. The molecule has 0 aromatic heterocycles. The summed E-state index contributed by atoms with van der Waals surface area (Å²) in [5.41, 5.74) is 5.02. The molecule has 2 saturated carbocycles. The zero-order chi connectivity index (χ0) is 16.0. The van der Waals surface area contributed by atoms with Gasteiger partial charge in [0.25, 0.3) is 0 Å². The fourth-order valence-electron chi connectivity index (χ4n) is 5.41. The van der Waals surface area contributed by atoms with Crippen LogP contribution in [0.2, 0.25) is 0 Å². The Hall–Kier alpha value is -0.820. The molecule has 2 aliphatic carbocycles. The Labute approximate surface area is 142 Å². The lowest BCUT2D eigenvalue weighted by molar-refractivity contribution is 0.140. The lowest BCUT2D eigenvalue weighted by Gasteiger charge is -2.36. The maximum atomic E-state index is 2.87. The normalized spacial score (nSPS) is 31.7. The van der Waals surface area contributed by atoms with Crippen molar-refractivity contribution in [3.8, 4) is 0 Å². The van der Waals surface area contributed by atoms with Crippen molar-refractivity contribution in [3.05, 3.63) is 34.9 Å². The third-order valence-corrected chi connectivity index (χ3v) is 6.80. The first-order chi connectivity index (χ1) is 11.0. The van der Waals surface area contributed by atoms with Crippen molar-refractivity contribution in [2.24, 2.45) is 11.8 Å². The number of rotatable bonds is 1. The maximum absolute atomic E-state index is 2.87. The third-order valence-electron chi connectivity index (χ3n) is 6.80. The SMILES string of the molecule is CC(C)(C)c1ccc2c(c1)CCCN(C1CC3CCC1C3)CC2. The molecule has 1 aromatic carbocycles. The summed E-state index contributed by atoms with van der Waals surface area (Å²) < 4.78 is 0. The minimum atomic E-state index is 0.270. The summed E-state index contributed by atoms with van der Waals surface area (Å²) in [5.74, 6) is 2.10. The standard InChI is InChI=1S/C22H33N/c1-22(2,3)20-9-8-17-10-12-23(11-4-5-18(17)15-20)21-14-16-6-7-19(21)13-16/h8-9,15-16,19,21H,4-7,10-14H2,1-3H3. The van der Waals surface area contributed by atoms with Crippen molar-refractivity contribution in [1.82, 2.24) is 4.90 Å². The van der Waals surface area contributed by atoms with Gasteiger partial charge in [-0.1, -0.05) is 45.4 Å². The lowest BCUT2D eigenvalue weighted by Crippen LogP contribution is -2.41. The van der Waals surface area contributed by atoms with E-state index in [0.717, 1.165) is 17.9 Å². The van der Waals surface area contributed by atoms with Crippen LogP contribution in [0.1, 0.15) is 69.6 Å². The van der Waals surface area contributed by atoms with Gasteiger partial charge in [0.2, 0.25) is 0 Å². The van der Waals surface area contributed by atoms with E-state index in [-0.39, 0.29) is 5.41 Å². The largest absolute Gasteiger partial charge is 0.300 e. The smallest absolute Gasteiger partial charge is 0.0126 e. The third kappa shape index (κ3) is 3.09. The van der Waals surface area contributed by atoms with Gasteiger partial charge in [0.15, 0.2) is 0 Å². The van der Waals surface area contributed by atoms with E-state index >= 15 is 0 Å². The molecule has 1 heteroatoms. The fourth-order valence-corrected chi connectivity index (χ4v) is 5.41. The van der Waals surface area contributed by atoms with Crippen LogP contribution >= 0.6 is 0 Å². The predicted molar refractivity (Wildman–Crippen MR) is 98.0 cm³/mol. The van der Waals surface area contributed by atoms with Gasteiger partial charge in [-0.2, -0.15) is 0 Å². The molecule has 0 radical (unpaired) electrons. The van der Waals surface area contributed by atoms with E-state index in [2.05, 4.69) is 43.9 Å². The highest BCUT2D eigenvalue weighted by Crippen LogP contribution is 2.46. The zero-order valence-electron chi connectivity index (χ0n) is 15.3. The van der Waals surface area contributed by atoms with Gasteiger partial charge in [0.05, 0.1) is 0 Å². The Morgan fingerprint density at radius 2 is 1.83 bits per heavy atom. The average molecular weight is 312 g/mol. The molecule has 1 aliphatic heterocycles. The van der Waals surface area contributed by atoms with Crippen molar-refractivity contribution in [1.29, 1.82) is 0 Å². The second-order valence-corrected chi connectivity index (χ2v) is 9.37. The molecule has 0 N–H and O–H groups in total. The van der Waals surface area contributed by atoms with Crippen LogP contribution in [0.3, 0.4) is 0 Å². The van der Waals surface area contributed by atoms with Crippen LogP contribution in [0.25, 0.3) is 0 Å². The van der Waals surface area contributed by atoms with Crippen molar-refractivity contribution >= 4 is 0 Å². The number of hydrogen-bond acceptors (Lipinski definition) is 1. The van der Waals surface area contributed by atoms with Gasteiger partial charge in [0.1, 0.15) is 0 Å². The Morgan fingerprint density at radius 1 is 0.957 bits per heavy atom. The molecule has 1 aromatic rings. The quantitative estimate of drug-likeness (QED) is 0.708. The Morgan fingerprint density at radius 3 is 2.52 bits per heavy atom. The first-order valence-electron chi connectivity index (χ1n) is 9.87. The molecule has 3 atom stereocenters. The number of hydrogen-bond donors (Lipinski definition) is 0. The van der Waals surface area contributed by atoms with E-state index in [0.29, 0.717) is 0 Å². The Kier molecular flexibility index (Phi) is 4.04. The molecule has 1 heterocycles. The summed E-state index contributed by atoms with van der Waals surface area (Å²) in [4.78, 5) is 2.87. The molecule has 126 valence electrons. The average Bonchev–Trinajstić information content (AvgIpc) is 3.09. The maximum Gasteiger partial charge on any atom is 0.0126 e. The van der Waals surface area contributed by atoms with E-state index < -0.39 is 0 Å². The van der Waals surface area contributed by atoms with Crippen molar-refractivity contribution < 1.29 is 0 Å². The second-order valence-electron chi connectivity index (χ2n) is 9.37. The van der Waals surface area contributed by atoms with E-state index in [1.807, 2.05) is 0 Å². The van der Waals surface area contributed by atoms with Gasteiger partial charge in [-0.3, -0.25) is 4.90 Å². The molecule has 3 unspecified atom stereocenters. The van der Waals surface area contributed by atoms with Crippen molar-refractivity contribution in [2.45, 2.75) is 77.2 Å². The molecule has 2 fully saturated rings. The second kappa shape index (κ2) is 5.92. The van der Waals surface area contributed by atoms with Gasteiger partial charge in [-0.05, 0) is 79.0 Å². The summed E-state index contributed by atoms with van der Waals surface area (Å²) in [6.45, 7) is 9.60. The van der Waals surface area contributed by atoms with E-state index in [1.54, 1.807) is 11.1 Å². The molecular weight excluding hydrogens is 278 g/mol. The van der Waals surface area contributed by atoms with Crippen molar-refractivity contribution in [3.63, 3.8) is 0 Å². The van der Waals surface area contributed by atoms with Crippen LogP contribution in [0.4, 0.5) is 0 Å². The Bertz CT molecular complexity index is 568. The summed E-state index contributed by atoms with van der Waals surface area (Å²) in [5, 5.41) is 0. The number of benzene rings is 1. The van der Waals surface area contributed by atoms with Gasteiger partial charge in [-0.25, -0.2) is 0 Å². The zero-order valence-corrected chi connectivity index (χ0v) is 15.3. The number of aryl methyl sites for hydroxylation is 1. The van der Waals surface area contributed by atoms with Gasteiger partial charge < -0.3 is 0 Å². The molecule has 2 bridgehead atoms. The van der Waals surface area contributed by atoms with Gasteiger partial charge in [-0.15, -0.1) is 0 Å². The molecule has 23 heavy (non-hydrogen) atoms. The molecule has 3 aliphatic rings. The van der Waals surface area contributed by atoms with E-state index in [1.165, 1.54) is 63.6 Å². The molecule has 0 spiro atoms. The molecular formula is C22H33N. The van der Waals surface area contributed by atoms with E-state index in [4.69, 9.17) is 0 Å². The van der Waals surface area contributed by atoms with E-state index in [9.17, 15) is 0 Å². The first-order valence-corrected chi connectivity index (χ1v) is 9.87. The number of fused-ring (bicyclic) bond motifs is 3. The summed E-state index contributed by atoms with van der Waals surface area (Å²) in [6, 6.07) is 8.23. The fraction of sp³-hybridized carbons (Fsp3) is 0.727. The first kappa shape index (κ1) is 15.7. The topological polar surface area (TPSA) is 3.24 Å². The molecule has 0 amide bonds. The minimum Gasteiger partial charge on any atom is -0.300 e. The minimum absolute atomic E-state index is 0.270. The lowest BCUT2D eigenvalue weighted by atomic mass is 9.83. The molecule has 4 rings (SSSR count). The monoisotopic (exact) mass is 311 g/mol. The summed E-state index contributed by atoms with van der Waals surface area (Å²) in [6.07, 6.45) is 9.94. The van der Waals surface area contributed by atoms with Gasteiger partial charge in [0, 0.05) is 12.6 Å². The number of nitrogens with zero attached hydrogens (tertiary/aromatic N) is 1. The highest BCUT2D eigenvalue weighted by molar-refractivity contribution is 5.36. The summed E-state index contributed by atoms with van der Waals surface area (Å²) >= 11 is 0. The van der Waals surface area contributed by atoms with Crippen LogP contribution in [0.5, 0.6) is 0 Å². The summed E-state index contributed by atoms with van der Waals surface area (Å²) in [7, 11) is 0. The van der Waals surface area contributed by atoms with Crippen LogP contribution in [0, 0.1) is 11.8 Å². The predicted octanol–water partition coefficient (Wildman–Crippen LogP) is 4.96. The van der Waals surface area contributed by atoms with Crippen molar-refractivity contribution in [2.75, 3.05) is 13.1 Å². The van der Waals surface area contributed by atoms with Gasteiger partial charge >= 0.3 is 0 Å². The van der Waals surface area contributed by atoms with Crippen LogP contribution in [-0.2, 0) is 18.3 Å². The van der Waals surface area contributed by atoms with Crippen LogP contribution in [0.15, 0.2) is 18.2 Å². The van der Waals surface area contributed by atoms with Crippen LogP contribution < -0.4 is 0 Å². The highest BCUT2D eigenvalue weighted by Gasteiger charge is 2.42. The Balaban J connectivity index is 1.49. The van der Waals surface area contributed by atoms with Crippen LogP contribution in [-0.4, -0.2) is 24.0 Å². The molecule has 1 nitrogen and oxygen atoms in total. The molecule has 0 saturated heterocycles.